The van der Waals surface area contributed by atoms with Gasteiger partial charge in [-0.25, -0.2) is 4.79 Å². The lowest BCUT2D eigenvalue weighted by Gasteiger charge is -2.43. The van der Waals surface area contributed by atoms with Gasteiger partial charge >= 0.3 is 5.97 Å². The number of carboxylic acid groups (broad SMARTS) is 1. The summed E-state index contributed by atoms with van der Waals surface area (Å²) < 4.78 is 12.2. The molecule has 0 aliphatic heterocycles. The van der Waals surface area contributed by atoms with Gasteiger partial charge in [0.2, 0.25) is 0 Å². The van der Waals surface area contributed by atoms with Gasteiger partial charge in [-0.1, -0.05) is 87.5 Å². The van der Waals surface area contributed by atoms with E-state index < -0.39 is 14.3 Å². The molecule has 0 heterocycles. The molecule has 144 valence electrons. The number of carbonyl (C=O) groups is 1. The molecular formula is C22H28O4Si. The minimum atomic E-state index is -2.53. The van der Waals surface area contributed by atoms with Crippen molar-refractivity contribution in [2.75, 3.05) is 19.8 Å². The summed E-state index contributed by atoms with van der Waals surface area (Å²) in [7, 11) is -2.53. The number of carboxylic acids is 1. The highest BCUT2D eigenvalue weighted by Crippen LogP contribution is 2.36. The lowest BCUT2D eigenvalue weighted by Crippen LogP contribution is -2.66. The molecule has 0 aromatic heterocycles. The molecule has 0 bridgehead atoms. The van der Waals surface area contributed by atoms with Gasteiger partial charge in [0, 0.05) is 6.08 Å². The maximum Gasteiger partial charge on any atom is 0.328 e. The Bertz CT molecular complexity index is 696. The first-order chi connectivity index (χ1) is 12.9. The first-order valence-corrected chi connectivity index (χ1v) is 11.0. The van der Waals surface area contributed by atoms with E-state index in [1.54, 1.807) is 0 Å². The van der Waals surface area contributed by atoms with E-state index in [-0.39, 0.29) is 11.6 Å². The molecule has 0 saturated heterocycles. The Morgan fingerprint density at radius 1 is 0.963 bits per heavy atom. The highest BCUT2D eigenvalue weighted by molar-refractivity contribution is 6.99. The Kier molecular flexibility index (Phi) is 7.53. The summed E-state index contributed by atoms with van der Waals surface area (Å²) in [5.74, 6) is -0.970. The normalized spacial score (nSPS) is 12.4. The standard InChI is InChI=1S/C22H28O4Si/c1-22(2,3)27(19-11-6-4-7-12-19,20-13-8-5-9-14-20)26-18-17-25-16-10-15-21(23)24/h4-15H,16-18H2,1-3H3,(H,23,24)/b15-10+. The van der Waals surface area contributed by atoms with Crippen LogP contribution in [0.15, 0.2) is 72.8 Å². The van der Waals surface area contributed by atoms with Crippen molar-refractivity contribution in [2.24, 2.45) is 0 Å². The third-order valence-corrected chi connectivity index (χ3v) is 9.48. The third kappa shape index (κ3) is 5.39. The zero-order chi connectivity index (χ0) is 19.8. The Labute approximate surface area is 162 Å². The first kappa shape index (κ1) is 21.1. The molecule has 0 aliphatic carbocycles. The number of benzene rings is 2. The minimum absolute atomic E-state index is 0.0705. The van der Waals surface area contributed by atoms with E-state index >= 15 is 0 Å². The van der Waals surface area contributed by atoms with Crippen molar-refractivity contribution < 1.29 is 19.1 Å². The summed E-state index contributed by atoms with van der Waals surface area (Å²) in [5.41, 5.74) is 0. The Hall–Kier alpha value is -2.21. The van der Waals surface area contributed by atoms with Crippen molar-refractivity contribution in [1.82, 2.24) is 0 Å². The smallest absolute Gasteiger partial charge is 0.328 e. The quantitative estimate of drug-likeness (QED) is 0.410. The maximum absolute atomic E-state index is 10.5. The van der Waals surface area contributed by atoms with E-state index in [4.69, 9.17) is 14.3 Å². The summed E-state index contributed by atoms with van der Waals surface area (Å²) in [6, 6.07) is 20.9. The van der Waals surface area contributed by atoms with Crippen LogP contribution in [0.5, 0.6) is 0 Å². The van der Waals surface area contributed by atoms with Gasteiger partial charge in [-0.05, 0) is 15.4 Å². The molecule has 0 spiro atoms. The molecule has 0 saturated carbocycles. The predicted molar refractivity (Wildman–Crippen MR) is 111 cm³/mol. The lowest BCUT2D eigenvalue weighted by molar-refractivity contribution is -0.131. The molecule has 0 amide bonds. The van der Waals surface area contributed by atoms with E-state index in [1.807, 2.05) is 12.1 Å². The van der Waals surface area contributed by atoms with E-state index in [9.17, 15) is 4.79 Å². The van der Waals surface area contributed by atoms with Gasteiger partial charge in [0.1, 0.15) is 0 Å². The van der Waals surface area contributed by atoms with Crippen molar-refractivity contribution >= 4 is 24.7 Å². The molecule has 0 fully saturated rings. The minimum Gasteiger partial charge on any atom is -0.478 e. The lowest BCUT2D eigenvalue weighted by atomic mass is 10.2. The maximum atomic E-state index is 10.5. The number of aliphatic carboxylic acids is 1. The SMILES string of the molecule is CC(C)(C)[Si](OCCOC/C=C/C(=O)O)(c1ccccc1)c1ccccc1. The molecule has 0 atom stereocenters. The van der Waals surface area contributed by atoms with Gasteiger partial charge in [0.05, 0.1) is 19.8 Å². The monoisotopic (exact) mass is 384 g/mol. The Balaban J connectivity index is 2.24. The summed E-state index contributed by atoms with van der Waals surface area (Å²) >= 11 is 0. The van der Waals surface area contributed by atoms with Gasteiger partial charge in [0.25, 0.3) is 8.32 Å². The summed E-state index contributed by atoms with van der Waals surface area (Å²) in [6.07, 6.45) is 2.58. The summed E-state index contributed by atoms with van der Waals surface area (Å²) in [4.78, 5) is 10.5. The topological polar surface area (TPSA) is 55.8 Å². The van der Waals surface area contributed by atoms with Crippen molar-refractivity contribution in [3.63, 3.8) is 0 Å². The van der Waals surface area contributed by atoms with Crippen LogP contribution in [-0.4, -0.2) is 39.2 Å². The van der Waals surface area contributed by atoms with Crippen LogP contribution in [0.3, 0.4) is 0 Å². The molecule has 2 aromatic carbocycles. The molecule has 0 unspecified atom stereocenters. The Morgan fingerprint density at radius 2 is 1.48 bits per heavy atom. The largest absolute Gasteiger partial charge is 0.478 e. The summed E-state index contributed by atoms with van der Waals surface area (Å²) in [6.45, 7) is 7.82. The van der Waals surface area contributed by atoms with Crippen LogP contribution in [0, 0.1) is 0 Å². The van der Waals surface area contributed by atoms with E-state index in [2.05, 4.69) is 69.3 Å². The number of hydrogen-bond donors (Lipinski definition) is 1. The van der Waals surface area contributed by atoms with Crippen molar-refractivity contribution in [3.8, 4) is 0 Å². The van der Waals surface area contributed by atoms with Crippen LogP contribution in [-0.2, 0) is 14.0 Å². The summed E-state index contributed by atoms with van der Waals surface area (Å²) in [5, 5.41) is 11.0. The molecule has 5 heteroatoms. The second kappa shape index (κ2) is 9.64. The first-order valence-electron chi connectivity index (χ1n) is 9.10. The molecule has 27 heavy (non-hydrogen) atoms. The highest BCUT2D eigenvalue weighted by atomic mass is 28.4. The van der Waals surface area contributed by atoms with E-state index in [0.717, 1.165) is 6.08 Å². The average Bonchev–Trinajstić information content (AvgIpc) is 2.64. The molecular weight excluding hydrogens is 356 g/mol. The van der Waals surface area contributed by atoms with E-state index in [1.165, 1.54) is 16.4 Å². The van der Waals surface area contributed by atoms with E-state index in [0.29, 0.717) is 13.2 Å². The Morgan fingerprint density at radius 3 is 1.93 bits per heavy atom. The van der Waals surface area contributed by atoms with Crippen LogP contribution in [0.2, 0.25) is 5.04 Å². The molecule has 2 aromatic rings. The number of rotatable bonds is 9. The fraction of sp³-hybridized carbons (Fsp3) is 0.318. The predicted octanol–water partition coefficient (Wildman–Crippen LogP) is 3.22. The average molecular weight is 385 g/mol. The van der Waals surface area contributed by atoms with Gasteiger partial charge in [0.15, 0.2) is 0 Å². The van der Waals surface area contributed by atoms with Crippen molar-refractivity contribution in [3.05, 3.63) is 72.8 Å². The zero-order valence-corrected chi connectivity index (χ0v) is 17.2. The fourth-order valence-corrected chi connectivity index (χ4v) is 7.86. The molecule has 0 radical (unpaired) electrons. The second-order valence-corrected chi connectivity index (χ2v) is 11.6. The van der Waals surface area contributed by atoms with Crippen LogP contribution >= 0.6 is 0 Å². The second-order valence-electron chi connectivity index (χ2n) is 7.33. The third-order valence-electron chi connectivity index (χ3n) is 4.44. The van der Waals surface area contributed by atoms with Gasteiger partial charge in [-0.15, -0.1) is 0 Å². The molecule has 2 rings (SSSR count). The van der Waals surface area contributed by atoms with Crippen LogP contribution in [0.1, 0.15) is 20.8 Å². The zero-order valence-electron chi connectivity index (χ0n) is 16.2. The highest BCUT2D eigenvalue weighted by Gasteiger charge is 2.49. The number of hydrogen-bond acceptors (Lipinski definition) is 3. The van der Waals surface area contributed by atoms with Gasteiger partial charge < -0.3 is 14.3 Å². The molecule has 1 N–H and O–H groups in total. The molecule has 0 aliphatic rings. The fourth-order valence-electron chi connectivity index (χ4n) is 3.32. The molecule has 4 nitrogen and oxygen atoms in total. The van der Waals surface area contributed by atoms with Gasteiger partial charge in [-0.3, -0.25) is 0 Å². The number of ether oxygens (including phenoxy) is 1. The van der Waals surface area contributed by atoms with Crippen LogP contribution in [0.4, 0.5) is 0 Å². The van der Waals surface area contributed by atoms with Crippen LogP contribution < -0.4 is 10.4 Å². The van der Waals surface area contributed by atoms with Crippen molar-refractivity contribution in [2.45, 2.75) is 25.8 Å². The van der Waals surface area contributed by atoms with Crippen LogP contribution in [0.25, 0.3) is 0 Å². The van der Waals surface area contributed by atoms with Crippen molar-refractivity contribution in [1.29, 1.82) is 0 Å². The van der Waals surface area contributed by atoms with Gasteiger partial charge in [-0.2, -0.15) is 0 Å².